The molecule has 192 valence electrons. The summed E-state index contributed by atoms with van der Waals surface area (Å²) in [6.07, 6.45) is -0.879. The van der Waals surface area contributed by atoms with E-state index in [1.54, 1.807) is 23.1 Å². The van der Waals surface area contributed by atoms with Crippen LogP contribution in [-0.2, 0) is 15.3 Å². The van der Waals surface area contributed by atoms with E-state index in [0.29, 0.717) is 48.7 Å². The second-order valence-corrected chi connectivity index (χ2v) is 10.5. The summed E-state index contributed by atoms with van der Waals surface area (Å²) in [5.41, 5.74) is 3.28. The summed E-state index contributed by atoms with van der Waals surface area (Å²) in [6.45, 7) is 2.80. The summed E-state index contributed by atoms with van der Waals surface area (Å²) in [4.78, 5) is 30.7. The molecule has 1 atom stereocenters. The lowest BCUT2D eigenvalue weighted by Gasteiger charge is -2.30. The average Bonchev–Trinajstić information content (AvgIpc) is 3.03. The summed E-state index contributed by atoms with van der Waals surface area (Å²) in [5.74, 6) is 0.457. The quantitative estimate of drug-likeness (QED) is 0.141. The minimum atomic E-state index is -0.879. The van der Waals surface area contributed by atoms with Crippen molar-refractivity contribution in [2.75, 3.05) is 4.90 Å². The van der Waals surface area contributed by atoms with Crippen molar-refractivity contribution in [2.24, 2.45) is 0 Å². The van der Waals surface area contributed by atoms with Gasteiger partial charge in [0.05, 0.1) is 10.2 Å². The molecule has 8 nitrogen and oxygen atoms in total. The van der Waals surface area contributed by atoms with Gasteiger partial charge in [0.1, 0.15) is 5.75 Å². The zero-order valence-corrected chi connectivity index (χ0v) is 23.4. The van der Waals surface area contributed by atoms with E-state index in [4.69, 9.17) is 21.1 Å². The Labute approximate surface area is 236 Å². The standard InChI is InChI=1S/C27H20BrClN4O4S/c1-15(34)33-22-10-6-4-8-19(22)24-25(30-27(32-31-24)38-14-18-7-3-5-9-21(18)29)37-26(33)17-11-12-23(20(28)13-17)36-16(2)35/h3-13,26H,14H2,1-2H3/t26-/m0/s1. The van der Waals surface area contributed by atoms with Crippen molar-refractivity contribution in [3.05, 3.63) is 87.4 Å². The van der Waals surface area contributed by atoms with Gasteiger partial charge in [0.2, 0.25) is 23.2 Å². The van der Waals surface area contributed by atoms with E-state index in [1.807, 2.05) is 48.5 Å². The molecule has 3 aromatic carbocycles. The molecule has 38 heavy (non-hydrogen) atoms. The van der Waals surface area contributed by atoms with Gasteiger partial charge in [-0.05, 0) is 51.8 Å². The third-order valence-electron chi connectivity index (χ3n) is 5.66. The fourth-order valence-electron chi connectivity index (χ4n) is 4.00. The van der Waals surface area contributed by atoms with Gasteiger partial charge in [0.15, 0.2) is 5.69 Å². The van der Waals surface area contributed by atoms with Gasteiger partial charge in [-0.25, -0.2) is 0 Å². The van der Waals surface area contributed by atoms with Crippen LogP contribution < -0.4 is 14.4 Å². The van der Waals surface area contributed by atoms with Crippen LogP contribution >= 0.6 is 39.3 Å². The molecule has 2 heterocycles. The second kappa shape index (κ2) is 11.1. The average molecular weight is 612 g/mol. The van der Waals surface area contributed by atoms with Crippen molar-refractivity contribution >= 4 is 56.9 Å². The summed E-state index contributed by atoms with van der Waals surface area (Å²) >= 11 is 11.1. The molecular weight excluding hydrogens is 592 g/mol. The molecule has 0 fully saturated rings. The first-order valence-electron chi connectivity index (χ1n) is 11.5. The van der Waals surface area contributed by atoms with Crippen LogP contribution in [0.25, 0.3) is 11.3 Å². The number of fused-ring (bicyclic) bond motifs is 3. The number of carbonyl (C=O) groups excluding carboxylic acids is 2. The number of aromatic nitrogens is 3. The Bertz CT molecular complexity index is 1550. The summed E-state index contributed by atoms with van der Waals surface area (Å²) in [6, 6.07) is 20.1. The number of anilines is 1. The van der Waals surface area contributed by atoms with Crippen LogP contribution in [0.2, 0.25) is 5.02 Å². The number of hydrogen-bond donors (Lipinski definition) is 0. The molecule has 0 unspecified atom stereocenters. The molecule has 5 rings (SSSR count). The Morgan fingerprint density at radius 2 is 1.84 bits per heavy atom. The molecule has 1 aliphatic rings. The summed E-state index contributed by atoms with van der Waals surface area (Å²) < 4.78 is 12.2. The number of halogens is 2. The summed E-state index contributed by atoms with van der Waals surface area (Å²) in [5, 5.41) is 9.83. The molecule has 0 bridgehead atoms. The van der Waals surface area contributed by atoms with Crippen LogP contribution in [0.15, 0.2) is 76.4 Å². The number of hydrogen-bond acceptors (Lipinski definition) is 8. The maximum absolute atomic E-state index is 13.0. The van der Waals surface area contributed by atoms with Crippen molar-refractivity contribution in [1.29, 1.82) is 0 Å². The molecule has 0 saturated heterocycles. The zero-order valence-electron chi connectivity index (χ0n) is 20.2. The summed E-state index contributed by atoms with van der Waals surface area (Å²) in [7, 11) is 0. The maximum atomic E-state index is 13.0. The second-order valence-electron chi connectivity index (χ2n) is 8.29. The highest BCUT2D eigenvalue weighted by Gasteiger charge is 2.35. The monoisotopic (exact) mass is 610 g/mol. The Balaban J connectivity index is 1.57. The van der Waals surface area contributed by atoms with Crippen molar-refractivity contribution in [1.82, 2.24) is 15.2 Å². The number of rotatable bonds is 5. The lowest BCUT2D eigenvalue weighted by atomic mass is 10.1. The SMILES string of the molecule is CC(=O)Oc1ccc([C@@H]2Oc3nc(SCc4ccccc4Cl)nnc3-c3ccccc3N2C(C)=O)cc1Br. The lowest BCUT2D eigenvalue weighted by Crippen LogP contribution is -2.36. The number of para-hydroxylation sites is 1. The number of carbonyl (C=O) groups is 2. The minimum absolute atomic E-state index is 0.239. The van der Waals surface area contributed by atoms with E-state index >= 15 is 0 Å². The van der Waals surface area contributed by atoms with E-state index in [1.165, 1.54) is 25.6 Å². The van der Waals surface area contributed by atoms with Gasteiger partial charge < -0.3 is 9.47 Å². The smallest absolute Gasteiger partial charge is 0.308 e. The lowest BCUT2D eigenvalue weighted by molar-refractivity contribution is -0.132. The normalized spacial score (nSPS) is 14.1. The molecule has 0 spiro atoms. The number of benzene rings is 3. The predicted octanol–water partition coefficient (Wildman–Crippen LogP) is 6.62. The Morgan fingerprint density at radius 3 is 2.58 bits per heavy atom. The van der Waals surface area contributed by atoms with E-state index in [0.717, 1.165) is 5.56 Å². The molecule has 1 aliphatic heterocycles. The first-order chi connectivity index (χ1) is 18.3. The van der Waals surface area contributed by atoms with Crippen LogP contribution in [0.3, 0.4) is 0 Å². The highest BCUT2D eigenvalue weighted by atomic mass is 79.9. The fraction of sp³-hybridized carbons (Fsp3) is 0.148. The fourth-order valence-corrected chi connectivity index (χ4v) is 5.54. The Morgan fingerprint density at radius 1 is 1.08 bits per heavy atom. The topological polar surface area (TPSA) is 94.5 Å². The maximum Gasteiger partial charge on any atom is 0.308 e. The number of thioether (sulfide) groups is 1. The van der Waals surface area contributed by atoms with Gasteiger partial charge in [-0.1, -0.05) is 59.8 Å². The van der Waals surface area contributed by atoms with Crippen molar-refractivity contribution < 1.29 is 19.1 Å². The van der Waals surface area contributed by atoms with Crippen molar-refractivity contribution in [2.45, 2.75) is 31.0 Å². The number of nitrogens with zero attached hydrogens (tertiary/aromatic N) is 4. The van der Waals surface area contributed by atoms with E-state index < -0.39 is 12.2 Å². The molecule has 0 aliphatic carbocycles. The predicted molar refractivity (Wildman–Crippen MR) is 148 cm³/mol. The van der Waals surface area contributed by atoms with Crippen LogP contribution in [-0.4, -0.2) is 27.1 Å². The van der Waals surface area contributed by atoms with Crippen LogP contribution in [0.1, 0.15) is 31.2 Å². The Hall–Kier alpha value is -3.47. The Kier molecular flexibility index (Phi) is 7.64. The van der Waals surface area contributed by atoms with Gasteiger partial charge in [0.25, 0.3) is 0 Å². The van der Waals surface area contributed by atoms with Gasteiger partial charge >= 0.3 is 5.97 Å². The van der Waals surface area contributed by atoms with Crippen molar-refractivity contribution in [3.63, 3.8) is 0 Å². The molecule has 1 aromatic heterocycles. The van der Waals surface area contributed by atoms with E-state index in [2.05, 4.69) is 31.1 Å². The first kappa shape index (κ1) is 26.1. The van der Waals surface area contributed by atoms with Gasteiger partial charge in [-0.2, -0.15) is 4.98 Å². The first-order valence-corrected chi connectivity index (χ1v) is 13.6. The van der Waals surface area contributed by atoms with Gasteiger partial charge in [0, 0.05) is 35.7 Å². The number of amides is 1. The highest BCUT2D eigenvalue weighted by molar-refractivity contribution is 9.10. The van der Waals surface area contributed by atoms with Gasteiger partial charge in [-0.3, -0.25) is 14.5 Å². The van der Waals surface area contributed by atoms with E-state index in [-0.39, 0.29) is 11.8 Å². The molecule has 11 heteroatoms. The number of ether oxygens (including phenoxy) is 2. The molecule has 4 aromatic rings. The largest absolute Gasteiger partial charge is 0.447 e. The van der Waals surface area contributed by atoms with Crippen LogP contribution in [0.4, 0.5) is 5.69 Å². The highest BCUT2D eigenvalue weighted by Crippen LogP contribution is 2.44. The van der Waals surface area contributed by atoms with Gasteiger partial charge in [-0.15, -0.1) is 10.2 Å². The third kappa shape index (κ3) is 5.38. The van der Waals surface area contributed by atoms with E-state index in [9.17, 15) is 9.59 Å². The minimum Gasteiger partial charge on any atom is -0.447 e. The zero-order chi connectivity index (χ0) is 26.8. The molecule has 1 amide bonds. The molecule has 0 radical (unpaired) electrons. The molecule has 0 N–H and O–H groups in total. The van der Waals surface area contributed by atoms with Crippen LogP contribution in [0, 0.1) is 0 Å². The number of esters is 1. The molecular formula is C27H20BrClN4O4S. The molecule has 0 saturated carbocycles. The van der Waals surface area contributed by atoms with Crippen molar-refractivity contribution in [3.8, 4) is 22.9 Å². The third-order valence-corrected chi connectivity index (χ3v) is 7.54. The van der Waals surface area contributed by atoms with Crippen LogP contribution in [0.5, 0.6) is 11.6 Å².